The minimum Gasteiger partial charge on any atom is -0.497 e. The van der Waals surface area contributed by atoms with E-state index in [-0.39, 0.29) is 11.9 Å². The molecule has 0 radical (unpaired) electrons. The Morgan fingerprint density at radius 1 is 0.794 bits per heavy atom. The van der Waals surface area contributed by atoms with E-state index in [0.29, 0.717) is 46.0 Å². The summed E-state index contributed by atoms with van der Waals surface area (Å²) in [5, 5.41) is 0.891. The van der Waals surface area contributed by atoms with Crippen LogP contribution in [0.2, 0.25) is 10.0 Å². The molecule has 0 spiro atoms. The number of carbonyl (C=O) groups is 1. The number of carbonyl (C=O) groups excluding carboxylic acids is 1. The summed E-state index contributed by atoms with van der Waals surface area (Å²) in [6.07, 6.45) is -0.0323. The standard InChI is InChI=1S/C26H25Cl2NO5/c1-31-18-6-8-19(9-7-18)34-25-24(17-5-10-20(27)21(28)15-17)29(26(25)30)13-12-16-4-11-22(32-2)23(14-16)33-3/h4-11,14-15,24-25H,12-13H2,1-3H3/t24-,25-/m1/s1. The topological polar surface area (TPSA) is 57.2 Å². The van der Waals surface area contributed by atoms with Crippen molar-refractivity contribution in [2.75, 3.05) is 27.9 Å². The third kappa shape index (κ3) is 4.88. The summed E-state index contributed by atoms with van der Waals surface area (Å²) < 4.78 is 22.0. The second-order valence-corrected chi connectivity index (χ2v) is 8.62. The fraction of sp³-hybridized carbons (Fsp3) is 0.269. The first-order valence-electron chi connectivity index (χ1n) is 10.7. The SMILES string of the molecule is COc1ccc(O[C@H]2C(=O)N(CCc3ccc(OC)c(OC)c3)[C@@H]2c2ccc(Cl)c(Cl)c2)cc1. The Balaban J connectivity index is 1.55. The zero-order valence-corrected chi connectivity index (χ0v) is 20.6. The Hall–Kier alpha value is -3.09. The van der Waals surface area contributed by atoms with E-state index in [4.69, 9.17) is 42.1 Å². The number of ether oxygens (including phenoxy) is 4. The molecule has 1 aliphatic heterocycles. The summed E-state index contributed by atoms with van der Waals surface area (Å²) in [7, 11) is 4.80. The maximum Gasteiger partial charge on any atom is 0.266 e. The Morgan fingerprint density at radius 2 is 1.50 bits per heavy atom. The van der Waals surface area contributed by atoms with Crippen molar-refractivity contribution >= 4 is 29.1 Å². The molecule has 6 nitrogen and oxygen atoms in total. The van der Waals surface area contributed by atoms with Gasteiger partial charge < -0.3 is 23.8 Å². The minimum absolute atomic E-state index is 0.0904. The lowest BCUT2D eigenvalue weighted by atomic mass is 9.90. The van der Waals surface area contributed by atoms with Crippen molar-refractivity contribution in [3.63, 3.8) is 0 Å². The van der Waals surface area contributed by atoms with Crippen molar-refractivity contribution in [2.24, 2.45) is 0 Å². The third-order valence-corrected chi connectivity index (χ3v) is 6.59. The minimum atomic E-state index is -0.670. The molecule has 0 aromatic heterocycles. The Bertz CT molecular complexity index is 1170. The molecule has 0 N–H and O–H groups in total. The Labute approximate surface area is 208 Å². The van der Waals surface area contributed by atoms with Crippen molar-refractivity contribution in [3.8, 4) is 23.0 Å². The number of amides is 1. The van der Waals surface area contributed by atoms with Gasteiger partial charge in [-0.3, -0.25) is 4.79 Å². The zero-order valence-electron chi connectivity index (χ0n) is 19.1. The van der Waals surface area contributed by atoms with Crippen molar-refractivity contribution in [1.82, 2.24) is 4.90 Å². The largest absolute Gasteiger partial charge is 0.497 e. The molecule has 1 saturated heterocycles. The average molecular weight is 502 g/mol. The number of methoxy groups -OCH3 is 3. The van der Waals surface area contributed by atoms with Crippen LogP contribution >= 0.6 is 23.2 Å². The maximum absolute atomic E-state index is 13.1. The second kappa shape index (κ2) is 10.5. The van der Waals surface area contributed by atoms with Crippen LogP contribution in [0.1, 0.15) is 17.2 Å². The van der Waals surface area contributed by atoms with Gasteiger partial charge in [0.05, 0.1) is 31.4 Å². The normalized spacial score (nSPS) is 17.2. The zero-order chi connectivity index (χ0) is 24.2. The molecule has 1 heterocycles. The van der Waals surface area contributed by atoms with Crippen molar-refractivity contribution < 1.29 is 23.7 Å². The van der Waals surface area contributed by atoms with Crippen LogP contribution in [-0.4, -0.2) is 44.8 Å². The first-order valence-corrected chi connectivity index (χ1v) is 11.5. The average Bonchev–Trinajstić information content (AvgIpc) is 2.87. The van der Waals surface area contributed by atoms with E-state index in [9.17, 15) is 4.79 Å². The van der Waals surface area contributed by atoms with Crippen molar-refractivity contribution in [1.29, 1.82) is 0 Å². The number of hydrogen-bond acceptors (Lipinski definition) is 5. The Morgan fingerprint density at radius 3 is 2.15 bits per heavy atom. The Kier molecular flexibility index (Phi) is 7.39. The van der Waals surface area contributed by atoms with Gasteiger partial charge in [0.1, 0.15) is 17.5 Å². The van der Waals surface area contributed by atoms with Gasteiger partial charge in [0.2, 0.25) is 6.10 Å². The van der Waals surface area contributed by atoms with Crippen molar-refractivity contribution in [3.05, 3.63) is 81.8 Å². The van der Waals surface area contributed by atoms with E-state index in [1.807, 2.05) is 24.3 Å². The molecule has 3 aromatic carbocycles. The van der Waals surface area contributed by atoms with E-state index >= 15 is 0 Å². The molecule has 0 aliphatic carbocycles. The van der Waals surface area contributed by atoms with Crippen LogP contribution in [0.4, 0.5) is 0 Å². The van der Waals surface area contributed by atoms with Gasteiger partial charge in [0.15, 0.2) is 11.5 Å². The van der Waals surface area contributed by atoms with Gasteiger partial charge in [-0.25, -0.2) is 0 Å². The summed E-state index contributed by atoms with van der Waals surface area (Å²) in [6.45, 7) is 0.502. The number of benzene rings is 3. The van der Waals surface area contributed by atoms with Gasteiger partial charge >= 0.3 is 0 Å². The predicted octanol–water partition coefficient (Wildman–Crippen LogP) is 5.59. The molecule has 4 rings (SSSR count). The second-order valence-electron chi connectivity index (χ2n) is 7.80. The van der Waals surface area contributed by atoms with Gasteiger partial charge in [-0.2, -0.15) is 0 Å². The number of rotatable bonds is 9. The predicted molar refractivity (Wildman–Crippen MR) is 132 cm³/mol. The van der Waals surface area contributed by atoms with E-state index in [1.165, 1.54) is 0 Å². The number of nitrogens with zero attached hydrogens (tertiary/aromatic N) is 1. The van der Waals surface area contributed by atoms with Crippen LogP contribution < -0.4 is 18.9 Å². The molecule has 8 heteroatoms. The summed E-state index contributed by atoms with van der Waals surface area (Å²) in [6, 6.07) is 18.0. The van der Waals surface area contributed by atoms with Crippen LogP contribution in [0.25, 0.3) is 0 Å². The summed E-state index contributed by atoms with van der Waals surface area (Å²) in [4.78, 5) is 14.9. The van der Waals surface area contributed by atoms with Crippen LogP contribution in [0, 0.1) is 0 Å². The highest BCUT2D eigenvalue weighted by molar-refractivity contribution is 6.42. The first kappa shape index (κ1) is 24.0. The molecular weight excluding hydrogens is 477 g/mol. The third-order valence-electron chi connectivity index (χ3n) is 5.85. The first-order chi connectivity index (χ1) is 16.4. The lowest BCUT2D eigenvalue weighted by molar-refractivity contribution is -0.164. The van der Waals surface area contributed by atoms with Crippen LogP contribution in [0.15, 0.2) is 60.7 Å². The summed E-state index contributed by atoms with van der Waals surface area (Å²) >= 11 is 12.4. The molecule has 2 atom stereocenters. The molecule has 0 bridgehead atoms. The van der Waals surface area contributed by atoms with Crippen LogP contribution in [0.5, 0.6) is 23.0 Å². The van der Waals surface area contributed by atoms with E-state index < -0.39 is 6.10 Å². The smallest absolute Gasteiger partial charge is 0.266 e. The lowest BCUT2D eigenvalue weighted by Gasteiger charge is -2.47. The molecule has 1 aliphatic rings. The van der Waals surface area contributed by atoms with Crippen LogP contribution in [-0.2, 0) is 11.2 Å². The fourth-order valence-corrected chi connectivity index (χ4v) is 4.33. The molecule has 1 fully saturated rings. The van der Waals surface area contributed by atoms with Gasteiger partial charge in [0, 0.05) is 6.54 Å². The maximum atomic E-state index is 13.1. The molecular formula is C26H25Cl2NO5. The van der Waals surface area contributed by atoms with Gasteiger partial charge in [-0.05, 0) is 66.1 Å². The van der Waals surface area contributed by atoms with E-state index in [0.717, 1.165) is 11.1 Å². The van der Waals surface area contributed by atoms with Gasteiger partial charge in [-0.15, -0.1) is 0 Å². The molecule has 3 aromatic rings. The van der Waals surface area contributed by atoms with Crippen molar-refractivity contribution in [2.45, 2.75) is 18.6 Å². The molecule has 34 heavy (non-hydrogen) atoms. The lowest BCUT2D eigenvalue weighted by Crippen LogP contribution is -2.61. The highest BCUT2D eigenvalue weighted by atomic mass is 35.5. The molecule has 178 valence electrons. The number of hydrogen-bond donors (Lipinski definition) is 0. The monoisotopic (exact) mass is 501 g/mol. The number of likely N-dealkylation sites (tertiary alicyclic amines) is 1. The fourth-order valence-electron chi connectivity index (χ4n) is 4.02. The van der Waals surface area contributed by atoms with E-state index in [2.05, 4.69) is 0 Å². The number of halogens is 2. The molecule has 0 saturated carbocycles. The van der Waals surface area contributed by atoms with Crippen LogP contribution in [0.3, 0.4) is 0 Å². The highest BCUT2D eigenvalue weighted by Crippen LogP contribution is 2.40. The summed E-state index contributed by atoms with van der Waals surface area (Å²) in [5.74, 6) is 2.52. The quantitative estimate of drug-likeness (QED) is 0.357. The molecule has 1 amide bonds. The molecule has 0 unspecified atom stereocenters. The summed E-state index contributed by atoms with van der Waals surface area (Å²) in [5.41, 5.74) is 1.89. The van der Waals surface area contributed by atoms with Gasteiger partial charge in [-0.1, -0.05) is 35.3 Å². The van der Waals surface area contributed by atoms with Gasteiger partial charge in [0.25, 0.3) is 5.91 Å². The highest BCUT2D eigenvalue weighted by Gasteiger charge is 2.50. The number of β-lactam (4-membered cyclic amide) rings is 1. The van der Waals surface area contributed by atoms with E-state index in [1.54, 1.807) is 62.6 Å².